The van der Waals surface area contributed by atoms with Gasteiger partial charge in [-0.3, -0.25) is 9.59 Å². The van der Waals surface area contributed by atoms with Crippen molar-refractivity contribution in [1.29, 1.82) is 0 Å². The van der Waals surface area contributed by atoms with Gasteiger partial charge in [0, 0.05) is 36.4 Å². The van der Waals surface area contributed by atoms with Crippen molar-refractivity contribution in [2.75, 3.05) is 13.1 Å². The van der Waals surface area contributed by atoms with Crippen molar-refractivity contribution < 1.29 is 9.59 Å². The highest BCUT2D eigenvalue weighted by Crippen LogP contribution is 2.34. The summed E-state index contributed by atoms with van der Waals surface area (Å²) in [6, 6.07) is 12.5. The number of hydrogen-bond donors (Lipinski definition) is 0. The van der Waals surface area contributed by atoms with Gasteiger partial charge in [-0.15, -0.1) is 0 Å². The van der Waals surface area contributed by atoms with E-state index in [1.54, 1.807) is 4.90 Å². The van der Waals surface area contributed by atoms with Gasteiger partial charge in [0.05, 0.1) is 6.04 Å². The molecule has 2 aliphatic rings. The fourth-order valence-electron chi connectivity index (χ4n) is 4.50. The molecule has 2 heterocycles. The molecule has 1 fully saturated rings. The molecule has 5 nitrogen and oxygen atoms in total. The topological polar surface area (TPSA) is 45.6 Å². The SMILES string of the molecule is Cc1ccc(C2c3cccn3CCN2C(=O)CN(C(=O)C2CCC2)C(C)(C)C)cc1. The first-order chi connectivity index (χ1) is 14.3. The highest BCUT2D eigenvalue weighted by molar-refractivity contribution is 5.87. The summed E-state index contributed by atoms with van der Waals surface area (Å²) in [5.41, 5.74) is 3.07. The molecule has 2 aromatic rings. The molecule has 1 unspecified atom stereocenters. The van der Waals surface area contributed by atoms with Crippen molar-refractivity contribution in [1.82, 2.24) is 14.4 Å². The van der Waals surface area contributed by atoms with E-state index in [4.69, 9.17) is 0 Å². The Kier molecular flexibility index (Phi) is 5.48. The molecule has 4 rings (SSSR count). The van der Waals surface area contributed by atoms with Crippen LogP contribution in [0.4, 0.5) is 0 Å². The molecule has 1 aliphatic heterocycles. The minimum atomic E-state index is -0.377. The van der Waals surface area contributed by atoms with Gasteiger partial charge in [0.15, 0.2) is 0 Å². The number of benzene rings is 1. The van der Waals surface area contributed by atoms with Gasteiger partial charge in [0.25, 0.3) is 0 Å². The van der Waals surface area contributed by atoms with Crippen LogP contribution in [0.5, 0.6) is 0 Å². The summed E-state index contributed by atoms with van der Waals surface area (Å²) in [5.74, 6) is 0.244. The Morgan fingerprint density at radius 1 is 1.07 bits per heavy atom. The van der Waals surface area contributed by atoms with Crippen LogP contribution in [0.3, 0.4) is 0 Å². The van der Waals surface area contributed by atoms with Crippen molar-refractivity contribution in [2.24, 2.45) is 5.92 Å². The number of hydrogen-bond acceptors (Lipinski definition) is 2. The number of aryl methyl sites for hydroxylation is 1. The van der Waals surface area contributed by atoms with Gasteiger partial charge in [0.2, 0.25) is 11.8 Å². The van der Waals surface area contributed by atoms with Crippen LogP contribution in [0.2, 0.25) is 0 Å². The monoisotopic (exact) mass is 407 g/mol. The quantitative estimate of drug-likeness (QED) is 0.764. The lowest BCUT2D eigenvalue weighted by atomic mass is 9.83. The van der Waals surface area contributed by atoms with E-state index < -0.39 is 0 Å². The number of rotatable bonds is 4. The average Bonchev–Trinajstić information content (AvgIpc) is 3.12. The van der Waals surface area contributed by atoms with Gasteiger partial charge in [-0.1, -0.05) is 36.2 Å². The lowest BCUT2D eigenvalue weighted by Crippen LogP contribution is -2.55. The number of carbonyl (C=O) groups is 2. The second-order valence-electron chi connectivity index (χ2n) is 9.75. The Bertz CT molecular complexity index is 919. The third-order valence-corrected chi connectivity index (χ3v) is 6.58. The second kappa shape index (κ2) is 7.93. The van der Waals surface area contributed by atoms with E-state index >= 15 is 0 Å². The number of nitrogens with zero attached hydrogens (tertiary/aromatic N) is 3. The van der Waals surface area contributed by atoms with Crippen LogP contribution < -0.4 is 0 Å². The molecule has 0 N–H and O–H groups in total. The number of aromatic nitrogens is 1. The van der Waals surface area contributed by atoms with E-state index in [2.05, 4.69) is 48.0 Å². The van der Waals surface area contributed by atoms with Gasteiger partial charge in [0.1, 0.15) is 6.54 Å². The molecule has 2 amide bonds. The van der Waals surface area contributed by atoms with Gasteiger partial charge in [-0.25, -0.2) is 0 Å². The molecule has 0 spiro atoms. The molecular formula is C25H33N3O2. The number of amides is 2. The zero-order chi connectivity index (χ0) is 21.5. The van der Waals surface area contributed by atoms with E-state index in [1.807, 2.05) is 31.7 Å². The first-order valence-electron chi connectivity index (χ1n) is 11.1. The first-order valence-corrected chi connectivity index (χ1v) is 11.1. The van der Waals surface area contributed by atoms with Crippen LogP contribution in [-0.2, 0) is 16.1 Å². The van der Waals surface area contributed by atoms with E-state index in [9.17, 15) is 9.59 Å². The Labute approximate surface area is 179 Å². The molecule has 1 aliphatic carbocycles. The Morgan fingerprint density at radius 3 is 2.37 bits per heavy atom. The summed E-state index contributed by atoms with van der Waals surface area (Å²) in [4.78, 5) is 30.5. The molecule has 0 radical (unpaired) electrons. The largest absolute Gasteiger partial charge is 0.348 e. The maximum atomic E-state index is 13.6. The molecule has 160 valence electrons. The van der Waals surface area contributed by atoms with E-state index in [0.29, 0.717) is 6.54 Å². The summed E-state index contributed by atoms with van der Waals surface area (Å²) in [6.45, 7) is 9.71. The predicted octanol–water partition coefficient (Wildman–Crippen LogP) is 4.16. The molecule has 1 saturated carbocycles. The van der Waals surface area contributed by atoms with Crippen LogP contribution >= 0.6 is 0 Å². The fraction of sp³-hybridized carbons (Fsp3) is 0.520. The van der Waals surface area contributed by atoms with Gasteiger partial charge < -0.3 is 14.4 Å². The number of fused-ring (bicyclic) bond motifs is 1. The molecule has 30 heavy (non-hydrogen) atoms. The molecule has 5 heteroatoms. The third-order valence-electron chi connectivity index (χ3n) is 6.58. The van der Waals surface area contributed by atoms with Gasteiger partial charge in [-0.05, 0) is 58.2 Å². The minimum absolute atomic E-state index is 0.0237. The van der Waals surface area contributed by atoms with Crippen molar-refractivity contribution in [3.8, 4) is 0 Å². The summed E-state index contributed by atoms with van der Waals surface area (Å²) in [6.07, 6.45) is 5.09. The molecular weight excluding hydrogens is 374 g/mol. The second-order valence-corrected chi connectivity index (χ2v) is 9.75. The number of carbonyl (C=O) groups excluding carboxylic acids is 2. The lowest BCUT2D eigenvalue weighted by Gasteiger charge is -2.43. The lowest BCUT2D eigenvalue weighted by molar-refractivity contribution is -0.150. The molecule has 1 aromatic carbocycles. The first kappa shape index (κ1) is 20.7. The van der Waals surface area contributed by atoms with E-state index in [-0.39, 0.29) is 35.9 Å². The van der Waals surface area contributed by atoms with Crippen molar-refractivity contribution in [3.63, 3.8) is 0 Å². The predicted molar refractivity (Wildman–Crippen MR) is 118 cm³/mol. The van der Waals surface area contributed by atoms with Crippen LogP contribution in [-0.4, -0.2) is 44.8 Å². The highest BCUT2D eigenvalue weighted by atomic mass is 16.2. The zero-order valence-electron chi connectivity index (χ0n) is 18.6. The standard InChI is InChI=1S/C25H33N3O2/c1-18-10-12-19(13-11-18)23-21-9-6-14-26(21)15-16-27(23)22(29)17-28(25(2,3)4)24(30)20-7-5-8-20/h6,9-14,20,23H,5,7-8,15-17H2,1-4H3. The highest BCUT2D eigenvalue weighted by Gasteiger charge is 2.38. The molecule has 1 aromatic heterocycles. The van der Waals surface area contributed by atoms with Crippen LogP contribution in [0.25, 0.3) is 0 Å². The van der Waals surface area contributed by atoms with Gasteiger partial charge >= 0.3 is 0 Å². The molecule has 0 saturated heterocycles. The van der Waals surface area contributed by atoms with Crippen molar-refractivity contribution in [3.05, 3.63) is 59.4 Å². The normalized spacial score (nSPS) is 19.2. The maximum Gasteiger partial charge on any atom is 0.243 e. The minimum Gasteiger partial charge on any atom is -0.348 e. The van der Waals surface area contributed by atoms with Crippen LogP contribution in [0.1, 0.15) is 62.9 Å². The van der Waals surface area contributed by atoms with E-state index in [0.717, 1.165) is 37.1 Å². The van der Waals surface area contributed by atoms with Gasteiger partial charge in [-0.2, -0.15) is 0 Å². The Balaban J connectivity index is 1.62. The van der Waals surface area contributed by atoms with Crippen LogP contribution in [0, 0.1) is 12.8 Å². The smallest absolute Gasteiger partial charge is 0.243 e. The summed E-state index contributed by atoms with van der Waals surface area (Å²) in [7, 11) is 0. The fourth-order valence-corrected chi connectivity index (χ4v) is 4.50. The van der Waals surface area contributed by atoms with Crippen LogP contribution in [0.15, 0.2) is 42.6 Å². The van der Waals surface area contributed by atoms with Crippen molar-refractivity contribution in [2.45, 2.75) is 65.1 Å². The summed E-state index contributed by atoms with van der Waals surface area (Å²) >= 11 is 0. The third kappa shape index (κ3) is 3.90. The Hall–Kier alpha value is -2.56. The zero-order valence-corrected chi connectivity index (χ0v) is 18.6. The Morgan fingerprint density at radius 2 is 1.77 bits per heavy atom. The maximum absolute atomic E-state index is 13.6. The van der Waals surface area contributed by atoms with E-state index in [1.165, 1.54) is 5.56 Å². The molecule has 0 bridgehead atoms. The summed E-state index contributed by atoms with van der Waals surface area (Å²) in [5, 5.41) is 0. The molecule has 1 atom stereocenters. The summed E-state index contributed by atoms with van der Waals surface area (Å²) < 4.78 is 2.23. The average molecular weight is 408 g/mol. The van der Waals surface area contributed by atoms with Crippen molar-refractivity contribution >= 4 is 11.8 Å².